The van der Waals surface area contributed by atoms with Crippen molar-refractivity contribution in [1.29, 1.82) is 0 Å². The van der Waals surface area contributed by atoms with Crippen LogP contribution in [0.5, 0.6) is 0 Å². The summed E-state index contributed by atoms with van der Waals surface area (Å²) in [7, 11) is -2.33. The van der Waals surface area contributed by atoms with E-state index in [1.54, 1.807) is 49.5 Å². The molecule has 0 atom stereocenters. The largest absolute Gasteiger partial charge is 0.340 e. The highest BCUT2D eigenvalue weighted by atomic mass is 35.5. The number of para-hydroxylation sites is 1. The molecule has 0 N–H and O–H groups in total. The van der Waals surface area contributed by atoms with E-state index in [9.17, 15) is 13.2 Å². The van der Waals surface area contributed by atoms with E-state index in [0.29, 0.717) is 6.54 Å². The second kappa shape index (κ2) is 9.11. The average Bonchev–Trinajstić information content (AvgIpc) is 2.73. The summed E-state index contributed by atoms with van der Waals surface area (Å²) >= 11 is 6.27. The molecule has 0 saturated heterocycles. The van der Waals surface area contributed by atoms with Crippen LogP contribution in [0.4, 0.5) is 5.69 Å². The van der Waals surface area contributed by atoms with Gasteiger partial charge in [-0.25, -0.2) is 8.42 Å². The third kappa shape index (κ3) is 4.96. The minimum absolute atomic E-state index is 0.0958. The van der Waals surface area contributed by atoms with Crippen LogP contribution in [0.3, 0.4) is 0 Å². The number of likely N-dealkylation sites (N-methyl/N-ethyl adjacent to an activating group) is 1. The molecule has 3 aromatic carbocycles. The molecule has 0 aliphatic rings. The number of sulfonamides is 1. The third-order valence-corrected chi connectivity index (χ3v) is 6.51. The molecule has 0 unspecified atom stereocenters. The molecule has 7 heteroatoms. The van der Waals surface area contributed by atoms with Gasteiger partial charge in [0.15, 0.2) is 0 Å². The van der Waals surface area contributed by atoms with Gasteiger partial charge in [0.2, 0.25) is 5.91 Å². The molecule has 0 aromatic heterocycles. The van der Waals surface area contributed by atoms with E-state index in [1.807, 2.05) is 30.3 Å². The van der Waals surface area contributed by atoms with Crippen molar-refractivity contribution in [1.82, 2.24) is 4.90 Å². The number of anilines is 1. The van der Waals surface area contributed by atoms with Crippen LogP contribution in [0.1, 0.15) is 5.56 Å². The first kappa shape index (κ1) is 20.9. The van der Waals surface area contributed by atoms with Gasteiger partial charge in [-0.05, 0) is 29.8 Å². The minimum Gasteiger partial charge on any atom is -0.340 e. The van der Waals surface area contributed by atoms with E-state index in [4.69, 9.17) is 11.6 Å². The van der Waals surface area contributed by atoms with Gasteiger partial charge < -0.3 is 4.90 Å². The quantitative estimate of drug-likeness (QED) is 0.566. The highest BCUT2D eigenvalue weighted by molar-refractivity contribution is 7.92. The van der Waals surface area contributed by atoms with Crippen molar-refractivity contribution >= 4 is 33.2 Å². The van der Waals surface area contributed by atoms with Crippen molar-refractivity contribution in [3.63, 3.8) is 0 Å². The normalized spacial score (nSPS) is 11.1. The molecule has 0 saturated carbocycles. The van der Waals surface area contributed by atoms with Crippen molar-refractivity contribution in [2.24, 2.45) is 0 Å². The maximum atomic E-state index is 13.3. The number of nitrogens with zero attached hydrogens (tertiary/aromatic N) is 2. The van der Waals surface area contributed by atoms with E-state index in [1.165, 1.54) is 17.0 Å². The van der Waals surface area contributed by atoms with Crippen molar-refractivity contribution in [2.45, 2.75) is 11.4 Å². The molecular formula is C22H21ClN2O3S. The number of hydrogen-bond donors (Lipinski definition) is 0. The van der Waals surface area contributed by atoms with E-state index in [0.717, 1.165) is 9.87 Å². The topological polar surface area (TPSA) is 57.7 Å². The van der Waals surface area contributed by atoms with Crippen LogP contribution >= 0.6 is 11.6 Å². The molecule has 1 amide bonds. The Kier molecular flexibility index (Phi) is 6.56. The van der Waals surface area contributed by atoms with Crippen LogP contribution in [-0.4, -0.2) is 32.8 Å². The zero-order valence-electron chi connectivity index (χ0n) is 15.9. The number of carbonyl (C=O) groups excluding carboxylic acids is 1. The van der Waals surface area contributed by atoms with Crippen molar-refractivity contribution in [2.75, 3.05) is 17.9 Å². The van der Waals surface area contributed by atoms with E-state index >= 15 is 0 Å². The Bertz CT molecular complexity index is 1070. The highest BCUT2D eigenvalue weighted by Gasteiger charge is 2.29. The van der Waals surface area contributed by atoms with Gasteiger partial charge >= 0.3 is 0 Å². The first-order valence-electron chi connectivity index (χ1n) is 9.00. The number of benzene rings is 3. The summed E-state index contributed by atoms with van der Waals surface area (Å²) in [6.45, 7) is 0.0196. The molecule has 0 radical (unpaired) electrons. The first-order chi connectivity index (χ1) is 13.9. The molecule has 3 rings (SSSR count). The molecule has 0 fully saturated rings. The minimum atomic E-state index is -3.98. The number of rotatable bonds is 7. The summed E-state index contributed by atoms with van der Waals surface area (Å²) in [6.07, 6.45) is 0. The van der Waals surface area contributed by atoms with E-state index in [2.05, 4.69) is 0 Å². The zero-order valence-corrected chi connectivity index (χ0v) is 17.5. The second-order valence-corrected chi connectivity index (χ2v) is 8.78. The molecule has 0 aliphatic carbocycles. The number of amides is 1. The fraction of sp³-hybridized carbons (Fsp3) is 0.136. The lowest BCUT2D eigenvalue weighted by Crippen LogP contribution is -2.41. The molecule has 150 valence electrons. The number of carbonyl (C=O) groups is 1. The van der Waals surface area contributed by atoms with Crippen molar-refractivity contribution in [3.05, 3.63) is 95.5 Å². The van der Waals surface area contributed by atoms with Crippen LogP contribution in [0.15, 0.2) is 89.8 Å². The predicted molar refractivity (Wildman–Crippen MR) is 115 cm³/mol. The first-order valence-corrected chi connectivity index (χ1v) is 10.8. The van der Waals surface area contributed by atoms with Gasteiger partial charge in [-0.1, -0.05) is 72.3 Å². The number of hydrogen-bond acceptors (Lipinski definition) is 3. The molecule has 5 nitrogen and oxygen atoms in total. The Hall–Kier alpha value is -2.83. The molecule has 0 aliphatic heterocycles. The Morgan fingerprint density at radius 3 is 2.03 bits per heavy atom. The zero-order chi connectivity index (χ0) is 20.9. The Morgan fingerprint density at radius 1 is 0.862 bits per heavy atom. The molecule has 3 aromatic rings. The fourth-order valence-electron chi connectivity index (χ4n) is 2.86. The monoisotopic (exact) mass is 428 g/mol. The lowest BCUT2D eigenvalue weighted by Gasteiger charge is -2.27. The lowest BCUT2D eigenvalue weighted by molar-refractivity contribution is -0.128. The van der Waals surface area contributed by atoms with E-state index in [-0.39, 0.29) is 28.1 Å². The summed E-state index contributed by atoms with van der Waals surface area (Å²) in [4.78, 5) is 14.5. The van der Waals surface area contributed by atoms with Gasteiger partial charge in [0.1, 0.15) is 6.54 Å². The smallest absolute Gasteiger partial charge is 0.264 e. The summed E-state index contributed by atoms with van der Waals surface area (Å²) in [5.41, 5.74) is 1.22. The van der Waals surface area contributed by atoms with Gasteiger partial charge in [0.05, 0.1) is 15.6 Å². The van der Waals surface area contributed by atoms with Crippen molar-refractivity contribution in [3.8, 4) is 0 Å². The van der Waals surface area contributed by atoms with Crippen LogP contribution in [0, 0.1) is 0 Å². The Labute approximate surface area is 176 Å². The Morgan fingerprint density at radius 2 is 1.41 bits per heavy atom. The molecule has 0 spiro atoms. The lowest BCUT2D eigenvalue weighted by atomic mass is 10.2. The predicted octanol–water partition coefficient (Wildman–Crippen LogP) is 4.19. The van der Waals surface area contributed by atoms with Crippen LogP contribution in [0.25, 0.3) is 0 Å². The Balaban J connectivity index is 1.92. The molecular weight excluding hydrogens is 408 g/mol. The standard InChI is InChI=1S/C22H21ClN2O3S/c1-24(16-18-10-4-2-5-11-18)22(26)17-25(21-15-9-8-14-20(21)23)29(27,28)19-12-6-3-7-13-19/h2-15H,16-17H2,1H3. The molecule has 0 heterocycles. The van der Waals surface area contributed by atoms with Crippen LogP contribution < -0.4 is 4.31 Å². The molecule has 0 bridgehead atoms. The second-order valence-electron chi connectivity index (χ2n) is 6.51. The van der Waals surface area contributed by atoms with Gasteiger partial charge in [-0.2, -0.15) is 0 Å². The fourth-order valence-corrected chi connectivity index (χ4v) is 4.60. The van der Waals surface area contributed by atoms with Crippen LogP contribution in [-0.2, 0) is 21.4 Å². The van der Waals surface area contributed by atoms with Crippen LogP contribution in [0.2, 0.25) is 5.02 Å². The summed E-state index contributed by atoms with van der Waals surface area (Å²) < 4.78 is 27.7. The summed E-state index contributed by atoms with van der Waals surface area (Å²) in [5.74, 6) is -0.340. The van der Waals surface area contributed by atoms with Gasteiger partial charge in [-0.3, -0.25) is 9.10 Å². The summed E-state index contributed by atoms with van der Waals surface area (Å²) in [6, 6.07) is 24.1. The highest BCUT2D eigenvalue weighted by Crippen LogP contribution is 2.30. The average molecular weight is 429 g/mol. The van der Waals surface area contributed by atoms with Gasteiger partial charge in [-0.15, -0.1) is 0 Å². The third-order valence-electron chi connectivity index (χ3n) is 4.42. The number of halogens is 1. The van der Waals surface area contributed by atoms with Gasteiger partial charge in [0, 0.05) is 13.6 Å². The summed E-state index contributed by atoms with van der Waals surface area (Å²) in [5, 5.41) is 0.255. The maximum Gasteiger partial charge on any atom is 0.264 e. The maximum absolute atomic E-state index is 13.3. The SMILES string of the molecule is CN(Cc1ccccc1)C(=O)CN(c1ccccc1Cl)S(=O)(=O)c1ccccc1. The van der Waals surface area contributed by atoms with Crippen molar-refractivity contribution < 1.29 is 13.2 Å². The van der Waals surface area contributed by atoms with Gasteiger partial charge in [0.25, 0.3) is 10.0 Å². The molecule has 29 heavy (non-hydrogen) atoms. The van der Waals surface area contributed by atoms with E-state index < -0.39 is 10.0 Å².